The second-order valence-corrected chi connectivity index (χ2v) is 6.47. The number of nitro groups is 1. The third-order valence-electron chi connectivity index (χ3n) is 4.34. The molecule has 9 heteroatoms. The van der Waals surface area contributed by atoms with Crippen LogP contribution in [0.15, 0.2) is 42.5 Å². The van der Waals surface area contributed by atoms with Gasteiger partial charge in [-0.05, 0) is 30.7 Å². The van der Waals surface area contributed by atoms with E-state index in [1.807, 2.05) is 12.1 Å². The first kappa shape index (κ1) is 20.2. The number of carbonyl (C=O) groups excluding carboxylic acids is 2. The summed E-state index contributed by atoms with van der Waals surface area (Å²) in [5, 5.41) is 11.7. The first-order chi connectivity index (χ1) is 13.8. The van der Waals surface area contributed by atoms with Gasteiger partial charge in [0.15, 0.2) is 0 Å². The Balaban J connectivity index is 1.94. The minimum atomic E-state index is -0.812. The topological polar surface area (TPSA) is 109 Å². The Hall–Kier alpha value is -3.52. The highest BCUT2D eigenvalue weighted by Crippen LogP contribution is 2.27. The number of ether oxygens (including phenoxy) is 2. The number of hydrogen-bond acceptors (Lipinski definition) is 7. The van der Waals surface area contributed by atoms with E-state index < -0.39 is 22.5 Å². The van der Waals surface area contributed by atoms with Crippen LogP contribution in [0.1, 0.15) is 32.0 Å². The van der Waals surface area contributed by atoms with E-state index in [1.54, 1.807) is 19.1 Å². The quantitative estimate of drug-likeness (QED) is 0.348. The first-order valence-corrected chi connectivity index (χ1v) is 8.79. The Labute approximate surface area is 170 Å². The van der Waals surface area contributed by atoms with E-state index >= 15 is 0 Å². The average molecular weight is 415 g/mol. The normalized spacial score (nSPS) is 10.6. The number of aryl methyl sites for hydroxylation is 1. The van der Waals surface area contributed by atoms with Gasteiger partial charge in [0, 0.05) is 11.5 Å². The number of para-hydroxylation sites is 1. The van der Waals surface area contributed by atoms with E-state index in [2.05, 4.69) is 4.98 Å². The zero-order chi connectivity index (χ0) is 21.1. The van der Waals surface area contributed by atoms with Crippen molar-refractivity contribution in [1.29, 1.82) is 0 Å². The summed E-state index contributed by atoms with van der Waals surface area (Å²) in [4.78, 5) is 39.4. The number of aromatic nitrogens is 1. The van der Waals surface area contributed by atoms with Gasteiger partial charge in [0.25, 0.3) is 5.69 Å². The van der Waals surface area contributed by atoms with Crippen molar-refractivity contribution in [2.24, 2.45) is 0 Å². The molecule has 0 radical (unpaired) electrons. The molecule has 2 aromatic carbocycles. The van der Waals surface area contributed by atoms with Crippen molar-refractivity contribution in [1.82, 2.24) is 4.98 Å². The number of fused-ring (bicyclic) bond motifs is 1. The van der Waals surface area contributed by atoms with Gasteiger partial charge in [0.1, 0.15) is 11.6 Å². The molecule has 3 rings (SSSR count). The molecule has 1 aromatic heterocycles. The van der Waals surface area contributed by atoms with Crippen LogP contribution in [0, 0.1) is 17.0 Å². The molecule has 0 aliphatic carbocycles. The van der Waals surface area contributed by atoms with Crippen LogP contribution in [0.4, 0.5) is 5.69 Å². The molecule has 0 unspecified atom stereocenters. The lowest BCUT2D eigenvalue weighted by atomic mass is 10.0. The predicted octanol–water partition coefficient (Wildman–Crippen LogP) is 4.25. The van der Waals surface area contributed by atoms with Gasteiger partial charge in [-0.2, -0.15) is 0 Å². The molecule has 0 fully saturated rings. The summed E-state index contributed by atoms with van der Waals surface area (Å²) >= 11 is 5.76. The Morgan fingerprint density at radius 3 is 2.59 bits per heavy atom. The number of halogens is 1. The zero-order valence-electron chi connectivity index (χ0n) is 15.5. The van der Waals surface area contributed by atoms with Gasteiger partial charge in [0.2, 0.25) is 0 Å². The van der Waals surface area contributed by atoms with Crippen LogP contribution in [0.5, 0.6) is 0 Å². The van der Waals surface area contributed by atoms with Crippen LogP contribution in [-0.4, -0.2) is 29.0 Å². The van der Waals surface area contributed by atoms with Crippen molar-refractivity contribution in [3.63, 3.8) is 0 Å². The molecule has 148 valence electrons. The Bertz CT molecular complexity index is 1150. The largest absolute Gasteiger partial charge is 0.465 e. The molecular formula is C20H15ClN2O6. The molecule has 0 saturated heterocycles. The fraction of sp³-hybridized carbons (Fsp3) is 0.150. The second kappa shape index (κ2) is 8.24. The maximum atomic E-state index is 12.4. The molecule has 0 aliphatic rings. The molecule has 0 amide bonds. The zero-order valence-corrected chi connectivity index (χ0v) is 16.2. The standard InChI is InChI=1S/C20H15ClN2O6/c1-11-13-5-3-4-6-15(13)22-16(18(11)20(25)28-2)10-29-19(24)12-7-8-14(21)17(9-12)23(26)27/h3-9H,10H2,1-2H3. The first-order valence-electron chi connectivity index (χ1n) is 8.41. The van der Waals surface area contributed by atoms with E-state index in [9.17, 15) is 19.7 Å². The van der Waals surface area contributed by atoms with Crippen LogP contribution in [0.25, 0.3) is 10.9 Å². The molecule has 1 heterocycles. The SMILES string of the molecule is COC(=O)c1c(COC(=O)c2ccc(Cl)c([N+](=O)[O-])c2)nc2ccccc2c1C. The summed E-state index contributed by atoms with van der Waals surface area (Å²) in [6, 6.07) is 10.8. The number of methoxy groups -OCH3 is 1. The number of nitro benzene ring substituents is 1. The molecule has 0 N–H and O–H groups in total. The summed E-state index contributed by atoms with van der Waals surface area (Å²) in [7, 11) is 1.25. The van der Waals surface area contributed by atoms with Gasteiger partial charge in [-0.15, -0.1) is 0 Å². The van der Waals surface area contributed by atoms with Gasteiger partial charge in [-0.25, -0.2) is 14.6 Å². The minimum absolute atomic E-state index is 0.0433. The average Bonchev–Trinajstić information content (AvgIpc) is 2.71. The van der Waals surface area contributed by atoms with Crippen molar-refractivity contribution >= 4 is 40.1 Å². The lowest BCUT2D eigenvalue weighted by molar-refractivity contribution is -0.384. The Morgan fingerprint density at radius 2 is 1.90 bits per heavy atom. The molecule has 0 spiro atoms. The number of pyridine rings is 1. The fourth-order valence-corrected chi connectivity index (χ4v) is 3.10. The molecule has 0 atom stereocenters. The highest BCUT2D eigenvalue weighted by molar-refractivity contribution is 6.32. The molecule has 3 aromatic rings. The summed E-state index contributed by atoms with van der Waals surface area (Å²) in [5.74, 6) is -1.41. The monoisotopic (exact) mass is 414 g/mol. The van der Waals surface area contributed by atoms with Crippen LogP contribution >= 0.6 is 11.6 Å². The van der Waals surface area contributed by atoms with Crippen LogP contribution in [0.3, 0.4) is 0 Å². The van der Waals surface area contributed by atoms with E-state index in [4.69, 9.17) is 21.1 Å². The minimum Gasteiger partial charge on any atom is -0.465 e. The van der Waals surface area contributed by atoms with Crippen molar-refractivity contribution in [3.05, 3.63) is 80.0 Å². The van der Waals surface area contributed by atoms with Crippen molar-refractivity contribution in [3.8, 4) is 0 Å². The van der Waals surface area contributed by atoms with E-state index in [0.717, 1.165) is 11.5 Å². The van der Waals surface area contributed by atoms with Gasteiger partial charge in [-0.3, -0.25) is 10.1 Å². The van der Waals surface area contributed by atoms with Crippen molar-refractivity contribution in [2.75, 3.05) is 7.11 Å². The third kappa shape index (κ3) is 4.02. The lowest BCUT2D eigenvalue weighted by Gasteiger charge is -2.13. The Kier molecular flexibility index (Phi) is 5.74. The van der Waals surface area contributed by atoms with Crippen LogP contribution < -0.4 is 0 Å². The van der Waals surface area contributed by atoms with Gasteiger partial charge in [0.05, 0.1) is 34.4 Å². The van der Waals surface area contributed by atoms with Gasteiger partial charge in [-0.1, -0.05) is 29.8 Å². The summed E-state index contributed by atoms with van der Waals surface area (Å²) < 4.78 is 10.1. The highest BCUT2D eigenvalue weighted by Gasteiger charge is 2.22. The molecular weight excluding hydrogens is 400 g/mol. The highest BCUT2D eigenvalue weighted by atomic mass is 35.5. The number of carbonyl (C=O) groups is 2. The van der Waals surface area contributed by atoms with E-state index in [0.29, 0.717) is 11.1 Å². The van der Waals surface area contributed by atoms with Crippen LogP contribution in [0.2, 0.25) is 5.02 Å². The molecule has 0 saturated carbocycles. The smallest absolute Gasteiger partial charge is 0.340 e. The molecule has 0 aliphatic heterocycles. The van der Waals surface area contributed by atoms with Gasteiger partial charge >= 0.3 is 11.9 Å². The second-order valence-electron chi connectivity index (χ2n) is 6.07. The maximum Gasteiger partial charge on any atom is 0.340 e. The summed E-state index contributed by atoms with van der Waals surface area (Å²) in [6.45, 7) is 1.44. The third-order valence-corrected chi connectivity index (χ3v) is 4.65. The summed E-state index contributed by atoms with van der Waals surface area (Å²) in [5.41, 5.74) is 1.27. The maximum absolute atomic E-state index is 12.4. The predicted molar refractivity (Wildman–Crippen MR) is 105 cm³/mol. The number of nitrogens with zero attached hydrogens (tertiary/aromatic N) is 2. The molecule has 29 heavy (non-hydrogen) atoms. The molecule has 0 bridgehead atoms. The van der Waals surface area contributed by atoms with E-state index in [1.165, 1.54) is 19.2 Å². The number of esters is 2. The molecule has 8 nitrogen and oxygen atoms in total. The number of hydrogen-bond donors (Lipinski definition) is 0. The van der Waals surface area contributed by atoms with Gasteiger partial charge < -0.3 is 9.47 Å². The Morgan fingerprint density at radius 1 is 1.17 bits per heavy atom. The fourth-order valence-electron chi connectivity index (χ4n) is 2.91. The van der Waals surface area contributed by atoms with E-state index in [-0.39, 0.29) is 28.5 Å². The number of benzene rings is 2. The van der Waals surface area contributed by atoms with Crippen molar-refractivity contribution in [2.45, 2.75) is 13.5 Å². The lowest BCUT2D eigenvalue weighted by Crippen LogP contribution is -2.14. The number of rotatable bonds is 5. The summed E-state index contributed by atoms with van der Waals surface area (Å²) in [6.07, 6.45) is 0. The van der Waals surface area contributed by atoms with Crippen LogP contribution in [-0.2, 0) is 16.1 Å². The van der Waals surface area contributed by atoms with Crippen molar-refractivity contribution < 1.29 is 24.0 Å².